The van der Waals surface area contributed by atoms with Crippen LogP contribution in [0.3, 0.4) is 0 Å². The molecule has 1 heterocycles. The van der Waals surface area contributed by atoms with Gasteiger partial charge in [0.15, 0.2) is 0 Å². The summed E-state index contributed by atoms with van der Waals surface area (Å²) in [6.45, 7) is 0. The molecule has 7 nitrogen and oxygen atoms in total. The molecule has 15 heavy (non-hydrogen) atoms. The molecule has 0 aliphatic carbocycles. The highest BCUT2D eigenvalue weighted by Crippen LogP contribution is 1.92. The minimum atomic E-state index is -0.441. The molecule has 0 fully saturated rings. The van der Waals surface area contributed by atoms with Crippen molar-refractivity contribution in [2.45, 2.75) is 6.42 Å². The summed E-state index contributed by atoms with van der Waals surface area (Å²) in [5, 5.41) is 11.1. The SMILES string of the molecule is Cn1c(C/C(N)=N/O)cc(=O)n(C)c1=O. The van der Waals surface area contributed by atoms with Crippen molar-refractivity contribution < 1.29 is 5.21 Å². The lowest BCUT2D eigenvalue weighted by Crippen LogP contribution is -2.38. The Balaban J connectivity index is 3.34. The molecule has 0 atom stereocenters. The molecule has 0 unspecified atom stereocenters. The first kappa shape index (κ1) is 11.0. The van der Waals surface area contributed by atoms with Crippen molar-refractivity contribution in [3.05, 3.63) is 32.6 Å². The van der Waals surface area contributed by atoms with Gasteiger partial charge in [0.25, 0.3) is 5.56 Å². The quantitative estimate of drug-likeness (QED) is 0.266. The number of hydrogen-bond donors (Lipinski definition) is 2. The second-order valence-electron chi connectivity index (χ2n) is 3.14. The first-order chi connectivity index (χ1) is 6.97. The van der Waals surface area contributed by atoms with Gasteiger partial charge in [0, 0.05) is 32.3 Å². The monoisotopic (exact) mass is 212 g/mol. The molecule has 7 heteroatoms. The summed E-state index contributed by atoms with van der Waals surface area (Å²) in [6, 6.07) is 1.28. The smallest absolute Gasteiger partial charge is 0.330 e. The van der Waals surface area contributed by atoms with Crippen LogP contribution in [0.4, 0.5) is 0 Å². The Kier molecular flexibility index (Phi) is 2.93. The van der Waals surface area contributed by atoms with Gasteiger partial charge in [0.05, 0.1) is 0 Å². The maximum atomic E-state index is 11.5. The Bertz CT molecular complexity index is 512. The van der Waals surface area contributed by atoms with Crippen molar-refractivity contribution in [2.75, 3.05) is 0 Å². The van der Waals surface area contributed by atoms with E-state index in [2.05, 4.69) is 5.16 Å². The first-order valence-corrected chi connectivity index (χ1v) is 4.19. The van der Waals surface area contributed by atoms with E-state index >= 15 is 0 Å². The Hall–Kier alpha value is -2.05. The average molecular weight is 212 g/mol. The van der Waals surface area contributed by atoms with Crippen molar-refractivity contribution in [3.8, 4) is 0 Å². The third-order valence-corrected chi connectivity index (χ3v) is 2.12. The van der Waals surface area contributed by atoms with Crippen molar-refractivity contribution >= 4 is 5.84 Å². The molecule has 0 bridgehead atoms. The van der Waals surface area contributed by atoms with E-state index in [1.165, 1.54) is 24.7 Å². The van der Waals surface area contributed by atoms with E-state index in [-0.39, 0.29) is 12.3 Å². The Morgan fingerprint density at radius 2 is 2.07 bits per heavy atom. The van der Waals surface area contributed by atoms with Crippen LogP contribution in [0.2, 0.25) is 0 Å². The lowest BCUT2D eigenvalue weighted by Gasteiger charge is -2.07. The Morgan fingerprint density at radius 3 is 2.60 bits per heavy atom. The molecule has 0 aliphatic rings. The fraction of sp³-hybridized carbons (Fsp3) is 0.375. The number of rotatable bonds is 2. The second kappa shape index (κ2) is 3.99. The number of nitrogens with zero attached hydrogens (tertiary/aromatic N) is 3. The number of aromatic nitrogens is 2. The van der Waals surface area contributed by atoms with Crippen LogP contribution in [0.5, 0.6) is 0 Å². The molecule has 0 amide bonds. The van der Waals surface area contributed by atoms with Crippen LogP contribution in [0.25, 0.3) is 0 Å². The summed E-state index contributed by atoms with van der Waals surface area (Å²) in [5.41, 5.74) is 4.83. The fourth-order valence-electron chi connectivity index (χ4n) is 1.17. The van der Waals surface area contributed by atoms with E-state index in [9.17, 15) is 9.59 Å². The molecule has 0 saturated heterocycles. The lowest BCUT2D eigenvalue weighted by atomic mass is 10.3. The van der Waals surface area contributed by atoms with Gasteiger partial charge in [-0.1, -0.05) is 5.16 Å². The zero-order valence-electron chi connectivity index (χ0n) is 8.47. The van der Waals surface area contributed by atoms with E-state index < -0.39 is 11.2 Å². The minimum absolute atomic E-state index is 0.0539. The van der Waals surface area contributed by atoms with Gasteiger partial charge >= 0.3 is 5.69 Å². The van der Waals surface area contributed by atoms with Gasteiger partial charge in [-0.25, -0.2) is 4.79 Å². The molecule has 0 aliphatic heterocycles. The Morgan fingerprint density at radius 1 is 1.47 bits per heavy atom. The van der Waals surface area contributed by atoms with E-state index in [1.54, 1.807) is 0 Å². The van der Waals surface area contributed by atoms with Crippen LogP contribution in [-0.2, 0) is 20.5 Å². The van der Waals surface area contributed by atoms with Gasteiger partial charge in [-0.3, -0.25) is 9.36 Å². The average Bonchev–Trinajstić information content (AvgIpc) is 2.22. The molecule has 3 N–H and O–H groups in total. The zero-order chi connectivity index (χ0) is 11.6. The minimum Gasteiger partial charge on any atom is -0.409 e. The molecule has 0 radical (unpaired) electrons. The highest BCUT2D eigenvalue weighted by Gasteiger charge is 2.07. The highest BCUT2D eigenvalue weighted by molar-refractivity contribution is 5.81. The van der Waals surface area contributed by atoms with E-state index in [0.717, 1.165) is 4.57 Å². The maximum Gasteiger partial charge on any atom is 0.330 e. The lowest BCUT2D eigenvalue weighted by molar-refractivity contribution is 0.317. The van der Waals surface area contributed by atoms with Crippen molar-refractivity contribution in [3.63, 3.8) is 0 Å². The molecule has 0 aromatic carbocycles. The van der Waals surface area contributed by atoms with Crippen LogP contribution >= 0.6 is 0 Å². The van der Waals surface area contributed by atoms with Crippen LogP contribution in [0.1, 0.15) is 5.69 Å². The predicted molar refractivity (Wildman–Crippen MR) is 54.0 cm³/mol. The first-order valence-electron chi connectivity index (χ1n) is 4.19. The summed E-state index contributed by atoms with van der Waals surface area (Å²) in [6.07, 6.45) is 0.0539. The number of nitrogens with two attached hydrogens (primary N) is 1. The van der Waals surface area contributed by atoms with E-state index in [4.69, 9.17) is 10.9 Å². The Labute approximate surface area is 85.1 Å². The summed E-state index contributed by atoms with van der Waals surface area (Å²) in [7, 11) is 2.90. The number of amidine groups is 1. The van der Waals surface area contributed by atoms with Gasteiger partial charge in [0.1, 0.15) is 5.84 Å². The summed E-state index contributed by atoms with van der Waals surface area (Å²) in [5.74, 6) is -0.0572. The highest BCUT2D eigenvalue weighted by atomic mass is 16.4. The number of hydrogen-bond acceptors (Lipinski definition) is 4. The standard InChI is InChI=1S/C8H12N4O3/c1-11-5(3-6(9)10-15)4-7(13)12(2)8(11)14/h4,15H,3H2,1-2H3,(H2,9,10). The molecule has 0 saturated carbocycles. The van der Waals surface area contributed by atoms with Gasteiger partial charge in [-0.15, -0.1) is 0 Å². The molecule has 1 aromatic heterocycles. The molecule has 0 spiro atoms. The summed E-state index contributed by atoms with van der Waals surface area (Å²) >= 11 is 0. The topological polar surface area (TPSA) is 103 Å². The predicted octanol–water partition coefficient (Wildman–Crippen LogP) is -1.63. The van der Waals surface area contributed by atoms with Crippen molar-refractivity contribution in [1.82, 2.24) is 9.13 Å². The fourth-order valence-corrected chi connectivity index (χ4v) is 1.17. The van der Waals surface area contributed by atoms with Crippen molar-refractivity contribution in [2.24, 2.45) is 25.0 Å². The van der Waals surface area contributed by atoms with Gasteiger partial charge < -0.3 is 15.5 Å². The molecular formula is C8H12N4O3. The maximum absolute atomic E-state index is 11.5. The second-order valence-corrected chi connectivity index (χ2v) is 3.14. The van der Waals surface area contributed by atoms with Gasteiger partial charge in [0.2, 0.25) is 0 Å². The van der Waals surface area contributed by atoms with Crippen LogP contribution in [0, 0.1) is 0 Å². The van der Waals surface area contributed by atoms with E-state index in [1.807, 2.05) is 0 Å². The van der Waals surface area contributed by atoms with Crippen LogP contribution in [-0.4, -0.2) is 20.2 Å². The molecular weight excluding hydrogens is 200 g/mol. The largest absolute Gasteiger partial charge is 0.409 e. The third-order valence-electron chi connectivity index (χ3n) is 2.12. The summed E-state index contributed by atoms with van der Waals surface area (Å²) < 4.78 is 2.26. The van der Waals surface area contributed by atoms with Gasteiger partial charge in [-0.2, -0.15) is 0 Å². The molecule has 1 rings (SSSR count). The van der Waals surface area contributed by atoms with Crippen LogP contribution < -0.4 is 17.0 Å². The molecule has 1 aromatic rings. The summed E-state index contributed by atoms with van der Waals surface area (Å²) in [4.78, 5) is 22.8. The normalized spacial score (nSPS) is 11.7. The molecule has 82 valence electrons. The van der Waals surface area contributed by atoms with Crippen molar-refractivity contribution in [1.29, 1.82) is 0 Å². The van der Waals surface area contributed by atoms with E-state index in [0.29, 0.717) is 5.69 Å². The zero-order valence-corrected chi connectivity index (χ0v) is 8.47. The third kappa shape index (κ3) is 2.06. The van der Waals surface area contributed by atoms with Gasteiger partial charge in [-0.05, 0) is 0 Å². The number of oxime groups is 1. The van der Waals surface area contributed by atoms with Crippen LogP contribution in [0.15, 0.2) is 20.8 Å².